The number of ether oxygens (including phenoxy) is 2. The van der Waals surface area contributed by atoms with Gasteiger partial charge in [-0.25, -0.2) is 4.79 Å². The van der Waals surface area contributed by atoms with Gasteiger partial charge in [0.25, 0.3) is 0 Å². The molecule has 0 N–H and O–H groups in total. The minimum atomic E-state index is -0.525. The van der Waals surface area contributed by atoms with Crippen LogP contribution in [-0.4, -0.2) is 13.1 Å². The van der Waals surface area contributed by atoms with Gasteiger partial charge in [-0.2, -0.15) is 0 Å². The number of rotatable bonds is 3. The second-order valence-corrected chi connectivity index (χ2v) is 4.54. The van der Waals surface area contributed by atoms with Crippen LogP contribution in [0.3, 0.4) is 0 Å². The largest absolute Gasteiger partial charge is 0.497 e. The van der Waals surface area contributed by atoms with E-state index in [-0.39, 0.29) is 5.75 Å². The van der Waals surface area contributed by atoms with E-state index >= 15 is 0 Å². The van der Waals surface area contributed by atoms with E-state index in [2.05, 4.69) is 0 Å². The first-order chi connectivity index (χ1) is 9.10. The first-order valence-electron chi connectivity index (χ1n) is 5.41. The zero-order valence-corrected chi connectivity index (χ0v) is 11.5. The Morgan fingerprint density at radius 2 is 1.89 bits per heavy atom. The summed E-state index contributed by atoms with van der Waals surface area (Å²) < 4.78 is 10.2. The van der Waals surface area contributed by atoms with Crippen molar-refractivity contribution in [3.05, 3.63) is 58.1 Å². The summed E-state index contributed by atoms with van der Waals surface area (Å²) in [5.74, 6) is 0.275. The summed E-state index contributed by atoms with van der Waals surface area (Å²) >= 11 is 11.7. The Labute approximate surface area is 120 Å². The van der Waals surface area contributed by atoms with Crippen molar-refractivity contribution >= 4 is 29.2 Å². The van der Waals surface area contributed by atoms with Gasteiger partial charge >= 0.3 is 5.97 Å². The smallest absolute Gasteiger partial charge is 0.343 e. The number of hydrogen-bond acceptors (Lipinski definition) is 3. The maximum absolute atomic E-state index is 12.0. The molecule has 2 aromatic carbocycles. The molecular formula is C14H10Cl2O3. The van der Waals surface area contributed by atoms with Gasteiger partial charge in [-0.1, -0.05) is 29.3 Å². The van der Waals surface area contributed by atoms with Crippen molar-refractivity contribution in [3.63, 3.8) is 0 Å². The van der Waals surface area contributed by atoms with Crippen molar-refractivity contribution in [1.82, 2.24) is 0 Å². The first-order valence-corrected chi connectivity index (χ1v) is 6.17. The summed E-state index contributed by atoms with van der Waals surface area (Å²) in [6, 6.07) is 11.3. The lowest BCUT2D eigenvalue weighted by atomic mass is 10.2. The number of carbonyl (C=O) groups excluding carboxylic acids is 1. The van der Waals surface area contributed by atoms with E-state index in [1.54, 1.807) is 36.4 Å². The van der Waals surface area contributed by atoms with E-state index in [9.17, 15) is 4.79 Å². The number of esters is 1. The van der Waals surface area contributed by atoms with Crippen LogP contribution in [0.25, 0.3) is 0 Å². The van der Waals surface area contributed by atoms with Gasteiger partial charge in [0.1, 0.15) is 5.75 Å². The summed E-state index contributed by atoms with van der Waals surface area (Å²) in [4.78, 5) is 12.0. The molecule has 0 unspecified atom stereocenters. The van der Waals surface area contributed by atoms with Crippen LogP contribution in [0, 0.1) is 0 Å². The molecule has 0 heterocycles. The maximum atomic E-state index is 12.0. The number of methoxy groups -OCH3 is 1. The van der Waals surface area contributed by atoms with Gasteiger partial charge in [0.2, 0.25) is 0 Å². The molecule has 0 aliphatic rings. The Kier molecular flexibility index (Phi) is 4.30. The average molecular weight is 297 g/mol. The second kappa shape index (κ2) is 5.95. The molecule has 19 heavy (non-hydrogen) atoms. The Balaban J connectivity index is 2.22. The predicted molar refractivity (Wildman–Crippen MR) is 74.4 cm³/mol. The monoisotopic (exact) mass is 296 g/mol. The topological polar surface area (TPSA) is 35.5 Å². The zero-order chi connectivity index (χ0) is 13.8. The highest BCUT2D eigenvalue weighted by atomic mass is 35.5. The minimum absolute atomic E-state index is 0.224. The van der Waals surface area contributed by atoms with Gasteiger partial charge in [0.15, 0.2) is 5.75 Å². The van der Waals surface area contributed by atoms with Crippen LogP contribution in [0.2, 0.25) is 10.0 Å². The fourth-order valence-electron chi connectivity index (χ4n) is 1.46. The highest BCUT2D eigenvalue weighted by molar-refractivity contribution is 6.34. The lowest BCUT2D eigenvalue weighted by Crippen LogP contribution is -2.08. The average Bonchev–Trinajstić information content (AvgIpc) is 2.43. The summed E-state index contributed by atoms with van der Waals surface area (Å²) in [5, 5.41) is 0.762. The SMILES string of the molecule is COc1cccc(C(=O)Oc2cc(Cl)ccc2Cl)c1. The van der Waals surface area contributed by atoms with Gasteiger partial charge in [0, 0.05) is 11.1 Å². The summed E-state index contributed by atoms with van der Waals surface area (Å²) in [6.07, 6.45) is 0. The number of halogens is 2. The van der Waals surface area contributed by atoms with E-state index < -0.39 is 5.97 Å². The lowest BCUT2D eigenvalue weighted by molar-refractivity contribution is 0.0734. The van der Waals surface area contributed by atoms with E-state index in [1.165, 1.54) is 13.2 Å². The number of carbonyl (C=O) groups is 1. The molecule has 0 atom stereocenters. The molecule has 0 saturated carbocycles. The fourth-order valence-corrected chi connectivity index (χ4v) is 1.78. The number of hydrogen-bond donors (Lipinski definition) is 0. The molecule has 0 aliphatic heterocycles. The molecule has 2 rings (SSSR count). The van der Waals surface area contributed by atoms with E-state index in [1.807, 2.05) is 0 Å². The molecule has 0 saturated heterocycles. The Morgan fingerprint density at radius 3 is 2.63 bits per heavy atom. The molecule has 3 nitrogen and oxygen atoms in total. The third-order valence-electron chi connectivity index (χ3n) is 2.40. The molecule has 0 aromatic heterocycles. The van der Waals surface area contributed by atoms with E-state index in [4.69, 9.17) is 32.7 Å². The normalized spacial score (nSPS) is 10.1. The van der Waals surface area contributed by atoms with Gasteiger partial charge in [-0.3, -0.25) is 0 Å². The number of benzene rings is 2. The zero-order valence-electron chi connectivity index (χ0n) is 10.0. The first kappa shape index (κ1) is 13.7. The quantitative estimate of drug-likeness (QED) is 0.628. The van der Waals surface area contributed by atoms with E-state index in [0.717, 1.165) is 0 Å². The van der Waals surface area contributed by atoms with Crippen LogP contribution in [0.1, 0.15) is 10.4 Å². The van der Waals surface area contributed by atoms with Gasteiger partial charge in [-0.05, 0) is 30.3 Å². The van der Waals surface area contributed by atoms with Crippen LogP contribution in [-0.2, 0) is 0 Å². The summed E-state index contributed by atoms with van der Waals surface area (Å²) in [6.45, 7) is 0. The molecule has 0 amide bonds. The van der Waals surface area contributed by atoms with Crippen molar-refractivity contribution in [2.45, 2.75) is 0 Å². The maximum Gasteiger partial charge on any atom is 0.343 e. The van der Waals surface area contributed by atoms with Gasteiger partial charge in [-0.15, -0.1) is 0 Å². The van der Waals surface area contributed by atoms with Crippen LogP contribution in [0.15, 0.2) is 42.5 Å². The fraction of sp³-hybridized carbons (Fsp3) is 0.0714. The van der Waals surface area contributed by atoms with Crippen molar-refractivity contribution in [1.29, 1.82) is 0 Å². The Morgan fingerprint density at radius 1 is 1.11 bits per heavy atom. The van der Waals surface area contributed by atoms with Crippen LogP contribution >= 0.6 is 23.2 Å². The Hall–Kier alpha value is -1.71. The van der Waals surface area contributed by atoms with Gasteiger partial charge < -0.3 is 9.47 Å². The molecule has 0 radical (unpaired) electrons. The standard InChI is InChI=1S/C14H10Cl2O3/c1-18-11-4-2-3-9(7-11)14(17)19-13-8-10(15)5-6-12(13)16/h2-8H,1H3. The van der Waals surface area contributed by atoms with Crippen LogP contribution in [0.5, 0.6) is 11.5 Å². The van der Waals surface area contributed by atoms with Gasteiger partial charge in [0.05, 0.1) is 17.7 Å². The van der Waals surface area contributed by atoms with Crippen LogP contribution < -0.4 is 9.47 Å². The van der Waals surface area contributed by atoms with E-state index in [0.29, 0.717) is 21.4 Å². The molecule has 98 valence electrons. The molecule has 0 bridgehead atoms. The van der Waals surface area contributed by atoms with Crippen molar-refractivity contribution < 1.29 is 14.3 Å². The third-order valence-corrected chi connectivity index (χ3v) is 2.95. The third kappa shape index (κ3) is 3.40. The molecular weight excluding hydrogens is 287 g/mol. The molecule has 0 fully saturated rings. The van der Waals surface area contributed by atoms with Crippen molar-refractivity contribution in [3.8, 4) is 11.5 Å². The highest BCUT2D eigenvalue weighted by Gasteiger charge is 2.12. The molecule has 0 aliphatic carbocycles. The summed E-state index contributed by atoms with van der Waals surface area (Å²) in [5.41, 5.74) is 0.371. The van der Waals surface area contributed by atoms with Crippen molar-refractivity contribution in [2.75, 3.05) is 7.11 Å². The van der Waals surface area contributed by atoms with Crippen LogP contribution in [0.4, 0.5) is 0 Å². The lowest BCUT2D eigenvalue weighted by Gasteiger charge is -2.07. The molecule has 2 aromatic rings. The minimum Gasteiger partial charge on any atom is -0.497 e. The molecule has 5 heteroatoms. The predicted octanol–water partition coefficient (Wildman–Crippen LogP) is 4.22. The highest BCUT2D eigenvalue weighted by Crippen LogP contribution is 2.28. The summed E-state index contributed by atoms with van der Waals surface area (Å²) in [7, 11) is 1.53. The molecule has 0 spiro atoms. The second-order valence-electron chi connectivity index (χ2n) is 3.70. The Bertz CT molecular complexity index is 611. The van der Waals surface area contributed by atoms with Crippen molar-refractivity contribution in [2.24, 2.45) is 0 Å².